The molecule has 0 atom stereocenters. The Morgan fingerprint density at radius 2 is 1.91 bits per heavy atom. The molecule has 0 aromatic carbocycles. The molecule has 0 heterocycles. The summed E-state index contributed by atoms with van der Waals surface area (Å²) in [6, 6.07) is 0. The SMILES string of the molecule is C=C(C)CCCO[Si](C)(C)C. The zero-order valence-corrected chi connectivity index (χ0v) is 9.24. The molecule has 0 aromatic rings. The van der Waals surface area contributed by atoms with E-state index >= 15 is 0 Å². The molecule has 2 heteroatoms. The van der Waals surface area contributed by atoms with Crippen molar-refractivity contribution in [1.82, 2.24) is 0 Å². The van der Waals surface area contributed by atoms with Crippen molar-refractivity contribution >= 4 is 8.32 Å². The molecule has 11 heavy (non-hydrogen) atoms. The monoisotopic (exact) mass is 172 g/mol. The van der Waals surface area contributed by atoms with Gasteiger partial charge in [0.1, 0.15) is 0 Å². The number of rotatable bonds is 5. The van der Waals surface area contributed by atoms with E-state index in [0.717, 1.165) is 19.4 Å². The van der Waals surface area contributed by atoms with Crippen LogP contribution < -0.4 is 0 Å². The highest BCUT2D eigenvalue weighted by Crippen LogP contribution is 2.06. The number of hydrogen-bond acceptors (Lipinski definition) is 1. The van der Waals surface area contributed by atoms with Gasteiger partial charge in [0.2, 0.25) is 0 Å². The van der Waals surface area contributed by atoms with E-state index in [1.807, 2.05) is 0 Å². The summed E-state index contributed by atoms with van der Waals surface area (Å²) in [6.07, 6.45) is 2.23. The molecular formula is C9H20OSi. The van der Waals surface area contributed by atoms with Crippen molar-refractivity contribution in [2.45, 2.75) is 39.4 Å². The predicted octanol–water partition coefficient (Wildman–Crippen LogP) is 3.19. The average Bonchev–Trinajstić information content (AvgIpc) is 1.78. The largest absolute Gasteiger partial charge is 0.418 e. The van der Waals surface area contributed by atoms with Crippen LogP contribution in [0.1, 0.15) is 19.8 Å². The van der Waals surface area contributed by atoms with Crippen LogP contribution in [0, 0.1) is 0 Å². The summed E-state index contributed by atoms with van der Waals surface area (Å²) in [5.74, 6) is 0. The maximum absolute atomic E-state index is 5.68. The number of allylic oxidation sites excluding steroid dienone is 1. The Labute approximate surface area is 71.6 Å². The van der Waals surface area contributed by atoms with Crippen molar-refractivity contribution in [3.8, 4) is 0 Å². The summed E-state index contributed by atoms with van der Waals surface area (Å²) >= 11 is 0. The van der Waals surface area contributed by atoms with Crippen LogP contribution in [0.15, 0.2) is 12.2 Å². The Hall–Kier alpha value is -0.0831. The third kappa shape index (κ3) is 9.92. The topological polar surface area (TPSA) is 9.23 Å². The van der Waals surface area contributed by atoms with Crippen molar-refractivity contribution < 1.29 is 4.43 Å². The molecule has 0 N–H and O–H groups in total. The summed E-state index contributed by atoms with van der Waals surface area (Å²) in [5.41, 5.74) is 1.25. The minimum atomic E-state index is -1.26. The molecule has 0 aromatic heterocycles. The van der Waals surface area contributed by atoms with Gasteiger partial charge in [-0.05, 0) is 39.4 Å². The van der Waals surface area contributed by atoms with E-state index in [2.05, 4.69) is 33.1 Å². The molecule has 0 rings (SSSR count). The molecule has 0 saturated carbocycles. The smallest absolute Gasteiger partial charge is 0.183 e. The third-order valence-electron chi connectivity index (χ3n) is 1.28. The molecule has 0 spiro atoms. The highest BCUT2D eigenvalue weighted by molar-refractivity contribution is 6.69. The van der Waals surface area contributed by atoms with Crippen molar-refractivity contribution in [3.63, 3.8) is 0 Å². The standard InChI is InChI=1S/C9H20OSi/c1-9(2)7-6-8-10-11(3,4)5/h1,6-8H2,2-5H3. The molecule has 0 bridgehead atoms. The lowest BCUT2D eigenvalue weighted by Crippen LogP contribution is -2.25. The fourth-order valence-electron chi connectivity index (χ4n) is 0.752. The first-order chi connectivity index (χ1) is 4.92. The quantitative estimate of drug-likeness (QED) is 0.351. The maximum Gasteiger partial charge on any atom is 0.183 e. The second kappa shape index (κ2) is 4.73. The van der Waals surface area contributed by atoms with Gasteiger partial charge in [-0.15, -0.1) is 6.58 Å². The van der Waals surface area contributed by atoms with Gasteiger partial charge in [0, 0.05) is 6.61 Å². The fraction of sp³-hybridized carbons (Fsp3) is 0.778. The molecule has 0 amide bonds. The van der Waals surface area contributed by atoms with Gasteiger partial charge >= 0.3 is 0 Å². The lowest BCUT2D eigenvalue weighted by atomic mass is 10.2. The van der Waals surface area contributed by atoms with Gasteiger partial charge in [-0.2, -0.15) is 0 Å². The summed E-state index contributed by atoms with van der Waals surface area (Å²) in [6.45, 7) is 13.5. The van der Waals surface area contributed by atoms with Crippen molar-refractivity contribution in [2.75, 3.05) is 6.61 Å². The lowest BCUT2D eigenvalue weighted by Gasteiger charge is -2.16. The van der Waals surface area contributed by atoms with Crippen LogP contribution in [-0.4, -0.2) is 14.9 Å². The Morgan fingerprint density at radius 3 is 2.27 bits per heavy atom. The van der Waals surface area contributed by atoms with Gasteiger partial charge in [-0.3, -0.25) is 0 Å². The highest BCUT2D eigenvalue weighted by Gasteiger charge is 2.12. The molecule has 0 aliphatic heterocycles. The van der Waals surface area contributed by atoms with Gasteiger partial charge in [0.05, 0.1) is 0 Å². The molecule has 0 fully saturated rings. The van der Waals surface area contributed by atoms with Crippen molar-refractivity contribution in [2.24, 2.45) is 0 Å². The van der Waals surface area contributed by atoms with Crippen molar-refractivity contribution in [1.29, 1.82) is 0 Å². The van der Waals surface area contributed by atoms with Crippen LogP contribution in [0.3, 0.4) is 0 Å². The molecular weight excluding hydrogens is 152 g/mol. The van der Waals surface area contributed by atoms with Crippen LogP contribution in [0.4, 0.5) is 0 Å². The molecule has 0 radical (unpaired) electrons. The zero-order chi connectivity index (χ0) is 8.91. The predicted molar refractivity (Wildman–Crippen MR) is 53.3 cm³/mol. The summed E-state index contributed by atoms with van der Waals surface area (Å²) in [7, 11) is -1.26. The van der Waals surface area contributed by atoms with E-state index in [1.54, 1.807) is 0 Å². The molecule has 1 nitrogen and oxygen atoms in total. The van der Waals surface area contributed by atoms with Gasteiger partial charge in [-0.25, -0.2) is 0 Å². The molecule has 0 saturated heterocycles. The van der Waals surface area contributed by atoms with E-state index in [-0.39, 0.29) is 0 Å². The first kappa shape index (κ1) is 10.9. The first-order valence-corrected chi connectivity index (χ1v) is 7.61. The molecule has 0 aliphatic carbocycles. The Morgan fingerprint density at radius 1 is 1.36 bits per heavy atom. The van der Waals surface area contributed by atoms with Crippen molar-refractivity contribution in [3.05, 3.63) is 12.2 Å². The Kier molecular flexibility index (Phi) is 4.69. The van der Waals surface area contributed by atoms with Crippen LogP contribution in [0.25, 0.3) is 0 Å². The average molecular weight is 172 g/mol. The zero-order valence-electron chi connectivity index (χ0n) is 8.24. The van der Waals surface area contributed by atoms with Crippen LogP contribution in [0.2, 0.25) is 19.6 Å². The van der Waals surface area contributed by atoms with Gasteiger partial charge in [0.25, 0.3) is 0 Å². The molecule has 66 valence electrons. The Balaban J connectivity index is 3.22. The summed E-state index contributed by atoms with van der Waals surface area (Å²) in [4.78, 5) is 0. The first-order valence-electron chi connectivity index (χ1n) is 4.20. The van der Waals surface area contributed by atoms with Crippen LogP contribution >= 0.6 is 0 Å². The van der Waals surface area contributed by atoms with E-state index in [9.17, 15) is 0 Å². The second-order valence-electron chi connectivity index (χ2n) is 4.02. The number of hydrogen-bond donors (Lipinski definition) is 0. The van der Waals surface area contributed by atoms with Gasteiger partial charge in [0.15, 0.2) is 8.32 Å². The minimum Gasteiger partial charge on any atom is -0.418 e. The van der Waals surface area contributed by atoms with E-state index < -0.39 is 8.32 Å². The molecule has 0 unspecified atom stereocenters. The van der Waals surface area contributed by atoms with E-state index in [1.165, 1.54) is 5.57 Å². The van der Waals surface area contributed by atoms with E-state index in [4.69, 9.17) is 4.43 Å². The maximum atomic E-state index is 5.68. The fourth-order valence-corrected chi connectivity index (χ4v) is 1.51. The third-order valence-corrected chi connectivity index (χ3v) is 2.35. The van der Waals surface area contributed by atoms with Crippen LogP contribution in [-0.2, 0) is 4.43 Å². The summed E-state index contributed by atoms with van der Waals surface area (Å²) < 4.78 is 5.68. The molecule has 0 aliphatic rings. The highest BCUT2D eigenvalue weighted by atomic mass is 28.4. The van der Waals surface area contributed by atoms with E-state index in [0.29, 0.717) is 0 Å². The van der Waals surface area contributed by atoms with Crippen LogP contribution in [0.5, 0.6) is 0 Å². The van der Waals surface area contributed by atoms with Gasteiger partial charge < -0.3 is 4.43 Å². The summed E-state index contributed by atoms with van der Waals surface area (Å²) in [5, 5.41) is 0. The lowest BCUT2D eigenvalue weighted by molar-refractivity contribution is 0.305. The second-order valence-corrected chi connectivity index (χ2v) is 8.53. The van der Waals surface area contributed by atoms with Gasteiger partial charge in [-0.1, -0.05) is 5.57 Å². The minimum absolute atomic E-state index is 0.905. The normalized spacial score (nSPS) is 11.6. The Bertz CT molecular complexity index is 124.